The predicted octanol–water partition coefficient (Wildman–Crippen LogP) is 3.50. The SMILES string of the molecule is COc1nc(C)nc(NC(=NS(=O)(=O)c2ccccc2Oc2ccccc2)SC)n1. The van der Waals surface area contributed by atoms with E-state index in [-0.39, 0.29) is 27.8 Å². The Hall–Kier alpha value is -3.18. The lowest BCUT2D eigenvalue weighted by Crippen LogP contribution is -2.14. The number of nitrogens with zero attached hydrogens (tertiary/aromatic N) is 4. The fraction of sp³-hybridized carbons (Fsp3) is 0.158. The molecule has 0 saturated carbocycles. The predicted molar refractivity (Wildman–Crippen MR) is 116 cm³/mol. The van der Waals surface area contributed by atoms with Crippen LogP contribution in [0, 0.1) is 6.92 Å². The minimum absolute atomic E-state index is 0.0633. The number of benzene rings is 2. The molecule has 0 saturated heterocycles. The van der Waals surface area contributed by atoms with E-state index in [0.717, 1.165) is 11.8 Å². The molecular formula is C19H19N5O4S2. The molecule has 1 aromatic heterocycles. The first kappa shape index (κ1) is 21.5. The zero-order chi connectivity index (χ0) is 21.6. The summed E-state index contributed by atoms with van der Waals surface area (Å²) in [6.45, 7) is 1.67. The second-order valence-electron chi connectivity index (χ2n) is 5.76. The molecule has 11 heteroatoms. The van der Waals surface area contributed by atoms with Gasteiger partial charge in [-0.2, -0.15) is 23.4 Å². The molecule has 0 spiro atoms. The standard InChI is InChI=1S/C19H19N5O4S2/c1-13-20-17(22-18(21-13)27-2)23-19(29-3)24-30(25,26)16-12-8-7-11-15(16)28-14-9-5-4-6-10-14/h4-12H,1-3H3,(H,20,21,22,23,24). The lowest BCUT2D eigenvalue weighted by Gasteiger charge is -2.11. The minimum Gasteiger partial charge on any atom is -0.467 e. The van der Waals surface area contributed by atoms with Crippen molar-refractivity contribution < 1.29 is 17.9 Å². The van der Waals surface area contributed by atoms with Crippen LogP contribution in [0.2, 0.25) is 0 Å². The van der Waals surface area contributed by atoms with Crippen molar-refractivity contribution >= 4 is 32.9 Å². The van der Waals surface area contributed by atoms with Gasteiger partial charge >= 0.3 is 6.01 Å². The van der Waals surface area contributed by atoms with Crippen LogP contribution in [0.5, 0.6) is 17.5 Å². The number of amidine groups is 1. The number of para-hydroxylation sites is 2. The maximum Gasteiger partial charge on any atom is 0.321 e. The molecule has 0 bridgehead atoms. The van der Waals surface area contributed by atoms with Gasteiger partial charge in [0.1, 0.15) is 22.2 Å². The number of aryl methyl sites for hydroxylation is 1. The van der Waals surface area contributed by atoms with Crippen molar-refractivity contribution in [2.24, 2.45) is 4.40 Å². The molecular weight excluding hydrogens is 426 g/mol. The van der Waals surface area contributed by atoms with Crippen molar-refractivity contribution in [1.29, 1.82) is 0 Å². The van der Waals surface area contributed by atoms with Crippen molar-refractivity contribution in [3.63, 3.8) is 0 Å². The minimum atomic E-state index is -4.09. The van der Waals surface area contributed by atoms with Crippen molar-refractivity contribution in [3.8, 4) is 17.5 Å². The summed E-state index contributed by atoms with van der Waals surface area (Å²) in [5.41, 5.74) is 0. The molecule has 0 fully saturated rings. The first-order valence-corrected chi connectivity index (χ1v) is 11.3. The van der Waals surface area contributed by atoms with Crippen LogP contribution in [0.15, 0.2) is 63.9 Å². The second kappa shape index (κ2) is 9.55. The third-order valence-electron chi connectivity index (χ3n) is 3.62. The van der Waals surface area contributed by atoms with E-state index in [1.165, 1.54) is 13.2 Å². The summed E-state index contributed by atoms with van der Waals surface area (Å²) in [6.07, 6.45) is 1.68. The van der Waals surface area contributed by atoms with Gasteiger partial charge in [0.2, 0.25) is 5.95 Å². The van der Waals surface area contributed by atoms with Gasteiger partial charge < -0.3 is 14.8 Å². The van der Waals surface area contributed by atoms with Crippen LogP contribution in [0.25, 0.3) is 0 Å². The summed E-state index contributed by atoms with van der Waals surface area (Å²) in [7, 11) is -2.66. The van der Waals surface area contributed by atoms with Gasteiger partial charge in [0.05, 0.1) is 7.11 Å². The van der Waals surface area contributed by atoms with Gasteiger partial charge in [-0.15, -0.1) is 4.40 Å². The number of ether oxygens (including phenoxy) is 2. The van der Waals surface area contributed by atoms with E-state index in [1.807, 2.05) is 6.07 Å². The lowest BCUT2D eigenvalue weighted by atomic mass is 10.3. The maximum atomic E-state index is 13.0. The average molecular weight is 446 g/mol. The maximum absolute atomic E-state index is 13.0. The molecule has 0 atom stereocenters. The van der Waals surface area contributed by atoms with Gasteiger partial charge in [-0.05, 0) is 37.4 Å². The molecule has 0 aliphatic rings. The quantitative estimate of drug-likeness (QED) is 0.449. The fourth-order valence-corrected chi connectivity index (χ4v) is 4.10. The molecule has 3 aromatic rings. The van der Waals surface area contributed by atoms with Gasteiger partial charge in [-0.1, -0.05) is 42.1 Å². The van der Waals surface area contributed by atoms with Crippen LogP contribution in [-0.2, 0) is 10.0 Å². The number of nitrogens with one attached hydrogen (secondary N) is 1. The van der Waals surface area contributed by atoms with Gasteiger partial charge in [0.25, 0.3) is 10.0 Å². The van der Waals surface area contributed by atoms with Crippen LogP contribution >= 0.6 is 11.8 Å². The second-order valence-corrected chi connectivity index (χ2v) is 8.12. The Morgan fingerprint density at radius 3 is 2.43 bits per heavy atom. The van der Waals surface area contributed by atoms with Gasteiger partial charge in [-0.25, -0.2) is 0 Å². The monoisotopic (exact) mass is 445 g/mol. The third kappa shape index (κ3) is 5.45. The lowest BCUT2D eigenvalue weighted by molar-refractivity contribution is 0.377. The number of hydrogen-bond acceptors (Lipinski definition) is 8. The van der Waals surface area contributed by atoms with E-state index in [1.54, 1.807) is 55.6 Å². The highest BCUT2D eigenvalue weighted by atomic mass is 32.2. The number of methoxy groups -OCH3 is 1. The molecule has 156 valence electrons. The number of aromatic nitrogens is 3. The van der Waals surface area contributed by atoms with Crippen LogP contribution in [-0.4, -0.2) is 41.9 Å². The zero-order valence-corrected chi connectivity index (χ0v) is 18.1. The molecule has 2 aromatic carbocycles. The summed E-state index contributed by atoms with van der Waals surface area (Å²) in [6, 6.07) is 15.3. The number of anilines is 1. The third-order valence-corrected chi connectivity index (χ3v) is 5.63. The van der Waals surface area contributed by atoms with E-state index >= 15 is 0 Å². The number of thioether (sulfide) groups is 1. The summed E-state index contributed by atoms with van der Waals surface area (Å²) in [5.74, 6) is 1.22. The summed E-state index contributed by atoms with van der Waals surface area (Å²) >= 11 is 1.09. The Morgan fingerprint density at radius 1 is 1.03 bits per heavy atom. The smallest absolute Gasteiger partial charge is 0.321 e. The largest absolute Gasteiger partial charge is 0.467 e. The topological polar surface area (TPSA) is 116 Å². The van der Waals surface area contributed by atoms with Crippen molar-refractivity contribution in [1.82, 2.24) is 15.0 Å². The number of sulfonamides is 1. The molecule has 3 rings (SSSR count). The van der Waals surface area contributed by atoms with E-state index in [4.69, 9.17) is 9.47 Å². The zero-order valence-electron chi connectivity index (χ0n) is 16.4. The molecule has 0 aliphatic heterocycles. The molecule has 0 aliphatic carbocycles. The number of rotatable bonds is 6. The van der Waals surface area contributed by atoms with E-state index in [0.29, 0.717) is 11.6 Å². The molecule has 0 unspecified atom stereocenters. The van der Waals surface area contributed by atoms with Crippen LogP contribution < -0.4 is 14.8 Å². The van der Waals surface area contributed by atoms with E-state index in [9.17, 15) is 8.42 Å². The van der Waals surface area contributed by atoms with E-state index in [2.05, 4.69) is 24.7 Å². The summed E-state index contributed by atoms with van der Waals surface area (Å²) < 4.78 is 40.6. The molecule has 1 N–H and O–H groups in total. The van der Waals surface area contributed by atoms with Gasteiger partial charge in [-0.3, -0.25) is 0 Å². The first-order valence-electron chi connectivity index (χ1n) is 8.66. The van der Waals surface area contributed by atoms with Crippen LogP contribution in [0.1, 0.15) is 5.82 Å². The molecule has 9 nitrogen and oxygen atoms in total. The Bertz CT molecular complexity index is 1150. The normalized spacial score (nSPS) is 11.8. The molecule has 0 amide bonds. The Balaban J connectivity index is 1.92. The Kier molecular flexibility index (Phi) is 6.85. The Labute approximate surface area is 178 Å². The fourth-order valence-electron chi connectivity index (χ4n) is 2.33. The Morgan fingerprint density at radius 2 is 1.73 bits per heavy atom. The van der Waals surface area contributed by atoms with Gasteiger partial charge in [0, 0.05) is 0 Å². The van der Waals surface area contributed by atoms with Crippen molar-refractivity contribution in [3.05, 3.63) is 60.4 Å². The summed E-state index contributed by atoms with van der Waals surface area (Å²) in [4.78, 5) is 12.1. The first-order chi connectivity index (χ1) is 14.4. The van der Waals surface area contributed by atoms with E-state index < -0.39 is 10.0 Å². The average Bonchev–Trinajstić information content (AvgIpc) is 2.73. The van der Waals surface area contributed by atoms with Crippen LogP contribution in [0.4, 0.5) is 5.95 Å². The van der Waals surface area contributed by atoms with Crippen molar-refractivity contribution in [2.45, 2.75) is 11.8 Å². The highest BCUT2D eigenvalue weighted by Crippen LogP contribution is 2.30. The molecule has 0 radical (unpaired) electrons. The highest BCUT2D eigenvalue weighted by molar-refractivity contribution is 8.14. The van der Waals surface area contributed by atoms with Gasteiger partial charge in [0.15, 0.2) is 5.17 Å². The molecule has 1 heterocycles. The van der Waals surface area contributed by atoms with Crippen LogP contribution in [0.3, 0.4) is 0 Å². The highest BCUT2D eigenvalue weighted by Gasteiger charge is 2.21. The number of hydrogen-bond donors (Lipinski definition) is 1. The summed E-state index contributed by atoms with van der Waals surface area (Å²) in [5, 5.41) is 2.87. The van der Waals surface area contributed by atoms with Crippen molar-refractivity contribution in [2.75, 3.05) is 18.7 Å². The molecule has 30 heavy (non-hydrogen) atoms.